The van der Waals surface area contributed by atoms with E-state index in [1.807, 2.05) is 18.2 Å². The Morgan fingerprint density at radius 1 is 0.407 bits per heavy atom. The summed E-state index contributed by atoms with van der Waals surface area (Å²) in [7, 11) is 0. The first-order valence-electron chi connectivity index (χ1n) is 18.1. The van der Waals surface area contributed by atoms with Crippen molar-refractivity contribution in [2.75, 3.05) is 0 Å². The molecule has 4 heteroatoms. The second-order valence-corrected chi connectivity index (χ2v) is 14.8. The Labute approximate surface area is 315 Å². The molecule has 0 atom stereocenters. The molecule has 0 saturated carbocycles. The smallest absolute Gasteiger partial charge is 0.161 e. The van der Waals surface area contributed by atoms with E-state index >= 15 is 0 Å². The van der Waals surface area contributed by atoms with Crippen molar-refractivity contribution < 1.29 is 4.42 Å². The molecule has 11 aromatic rings. The number of hydrogen-bond donors (Lipinski definition) is 0. The van der Waals surface area contributed by atoms with E-state index < -0.39 is 0 Å². The van der Waals surface area contributed by atoms with Crippen LogP contribution >= 0.6 is 11.3 Å². The van der Waals surface area contributed by atoms with Gasteiger partial charge in [-0.1, -0.05) is 152 Å². The summed E-state index contributed by atoms with van der Waals surface area (Å²) < 4.78 is 8.86. The molecule has 0 spiro atoms. The molecule has 8 aromatic carbocycles. The largest absolute Gasteiger partial charge is 0.456 e. The van der Waals surface area contributed by atoms with E-state index in [9.17, 15) is 0 Å². The predicted molar refractivity (Wildman–Crippen MR) is 227 cm³/mol. The number of furan rings is 1. The van der Waals surface area contributed by atoms with Gasteiger partial charge in [0.15, 0.2) is 5.82 Å². The molecule has 3 aromatic heterocycles. The molecule has 54 heavy (non-hydrogen) atoms. The van der Waals surface area contributed by atoms with Gasteiger partial charge in [0.2, 0.25) is 0 Å². The minimum Gasteiger partial charge on any atom is -0.456 e. The van der Waals surface area contributed by atoms with Gasteiger partial charge in [-0.2, -0.15) is 0 Å². The van der Waals surface area contributed by atoms with E-state index in [0.717, 1.165) is 65.5 Å². The quantitative estimate of drug-likeness (QED) is 0.179. The summed E-state index contributed by atoms with van der Waals surface area (Å²) in [4.78, 5) is 10.6. The van der Waals surface area contributed by atoms with Gasteiger partial charge in [0.1, 0.15) is 11.2 Å². The highest BCUT2D eigenvalue weighted by molar-refractivity contribution is 7.26. The molecule has 3 heterocycles. The van der Waals surface area contributed by atoms with Crippen LogP contribution in [0.2, 0.25) is 0 Å². The number of nitrogens with zero attached hydrogens (tertiary/aromatic N) is 2. The van der Waals surface area contributed by atoms with Crippen molar-refractivity contribution in [3.8, 4) is 56.0 Å². The zero-order chi connectivity index (χ0) is 35.6. The molecule has 0 unspecified atom stereocenters. The van der Waals surface area contributed by atoms with Crippen LogP contribution in [-0.2, 0) is 0 Å². The first-order chi connectivity index (χ1) is 26.7. The molecule has 11 rings (SSSR count). The Morgan fingerprint density at radius 2 is 1.04 bits per heavy atom. The summed E-state index contributed by atoms with van der Waals surface area (Å²) in [5.74, 6) is 0.690. The van der Waals surface area contributed by atoms with Crippen LogP contribution in [0.25, 0.3) is 109 Å². The van der Waals surface area contributed by atoms with Crippen LogP contribution in [0.3, 0.4) is 0 Å². The Bertz CT molecular complexity index is 3200. The van der Waals surface area contributed by atoms with Gasteiger partial charge in [-0.15, -0.1) is 11.3 Å². The Morgan fingerprint density at radius 3 is 1.85 bits per heavy atom. The van der Waals surface area contributed by atoms with Crippen molar-refractivity contribution in [3.05, 3.63) is 182 Å². The van der Waals surface area contributed by atoms with Crippen molar-refractivity contribution >= 4 is 64.4 Å². The minimum absolute atomic E-state index is 0.690. The highest BCUT2D eigenvalue weighted by Gasteiger charge is 2.20. The number of thiophene rings is 1. The van der Waals surface area contributed by atoms with Gasteiger partial charge in [-0.3, -0.25) is 0 Å². The maximum Gasteiger partial charge on any atom is 0.161 e. The van der Waals surface area contributed by atoms with Gasteiger partial charge in [-0.25, -0.2) is 9.97 Å². The van der Waals surface area contributed by atoms with E-state index in [-0.39, 0.29) is 0 Å². The van der Waals surface area contributed by atoms with Crippen molar-refractivity contribution in [1.82, 2.24) is 9.97 Å². The molecule has 0 radical (unpaired) electrons. The third-order valence-corrected chi connectivity index (χ3v) is 11.7. The number of hydrogen-bond acceptors (Lipinski definition) is 4. The fraction of sp³-hybridized carbons (Fsp3) is 0. The average molecular weight is 707 g/mol. The van der Waals surface area contributed by atoms with E-state index in [1.165, 1.54) is 37.7 Å². The number of benzene rings is 8. The van der Waals surface area contributed by atoms with Gasteiger partial charge >= 0.3 is 0 Å². The summed E-state index contributed by atoms with van der Waals surface area (Å²) >= 11 is 1.75. The second kappa shape index (κ2) is 12.4. The van der Waals surface area contributed by atoms with Crippen LogP contribution in [0.1, 0.15) is 0 Å². The molecule has 0 amide bonds. The Hall–Kier alpha value is -6.88. The topological polar surface area (TPSA) is 38.9 Å². The fourth-order valence-electron chi connectivity index (χ4n) is 7.77. The molecule has 3 nitrogen and oxygen atoms in total. The number of aromatic nitrogens is 2. The van der Waals surface area contributed by atoms with Gasteiger partial charge in [-0.05, 0) is 74.5 Å². The SMILES string of the molecule is c1ccc(-c2ccc(-c3nc(-c4cccc5oc6cc(-c7ccc(-c8ccc9ccccc9c8)cc7)ccc6c45)nc4c3sc3ccccc34)cc2)cc1. The first kappa shape index (κ1) is 30.7. The van der Waals surface area contributed by atoms with E-state index in [4.69, 9.17) is 14.4 Å². The van der Waals surface area contributed by atoms with Crippen LogP contribution in [0.4, 0.5) is 0 Å². The Kier molecular flexibility index (Phi) is 7.04. The lowest BCUT2D eigenvalue weighted by molar-refractivity contribution is 0.669. The third kappa shape index (κ3) is 5.11. The first-order valence-corrected chi connectivity index (χ1v) is 19.0. The third-order valence-electron chi connectivity index (χ3n) is 10.5. The summed E-state index contributed by atoms with van der Waals surface area (Å²) in [6, 6.07) is 64.4. The van der Waals surface area contributed by atoms with E-state index in [0.29, 0.717) is 5.82 Å². The Balaban J connectivity index is 1.01. The van der Waals surface area contributed by atoms with Crippen molar-refractivity contribution in [2.45, 2.75) is 0 Å². The highest BCUT2D eigenvalue weighted by atomic mass is 32.1. The molecule has 0 bridgehead atoms. The number of rotatable bonds is 5. The fourth-order valence-corrected chi connectivity index (χ4v) is 8.93. The van der Waals surface area contributed by atoms with Crippen molar-refractivity contribution in [3.63, 3.8) is 0 Å². The molecule has 0 aliphatic rings. The predicted octanol–water partition coefficient (Wildman–Crippen LogP) is 14.2. The van der Waals surface area contributed by atoms with Gasteiger partial charge < -0.3 is 4.42 Å². The molecule has 0 N–H and O–H groups in total. The average Bonchev–Trinajstić information content (AvgIpc) is 3.82. The van der Waals surface area contributed by atoms with Crippen LogP contribution < -0.4 is 0 Å². The van der Waals surface area contributed by atoms with Gasteiger partial charge in [0.25, 0.3) is 0 Å². The lowest BCUT2D eigenvalue weighted by atomic mass is 9.97. The summed E-state index contributed by atoms with van der Waals surface area (Å²) in [6.07, 6.45) is 0. The van der Waals surface area contributed by atoms with Crippen LogP contribution in [0.15, 0.2) is 186 Å². The summed E-state index contributed by atoms with van der Waals surface area (Å²) in [5, 5.41) is 5.71. The minimum atomic E-state index is 0.690. The zero-order valence-corrected chi connectivity index (χ0v) is 29.8. The standard InChI is InChI=1S/C50H30N2OS/c1-2-9-31(10-3-1)33-21-24-36(25-22-33)47-49-48(41-13-6-7-16-45(41)54-49)52-50(51-47)42-14-8-15-43-46(42)40-28-27-39(30-44(40)53-43)35-19-17-34(18-20-35)38-26-23-32-11-4-5-12-37(32)29-38/h1-30H. The van der Waals surface area contributed by atoms with Crippen molar-refractivity contribution in [2.24, 2.45) is 0 Å². The summed E-state index contributed by atoms with van der Waals surface area (Å²) in [6.45, 7) is 0. The zero-order valence-electron chi connectivity index (χ0n) is 29.0. The van der Waals surface area contributed by atoms with E-state index in [1.54, 1.807) is 11.3 Å². The lowest BCUT2D eigenvalue weighted by Gasteiger charge is -2.09. The molecular weight excluding hydrogens is 677 g/mol. The van der Waals surface area contributed by atoms with Crippen LogP contribution in [0, 0.1) is 0 Å². The highest BCUT2D eigenvalue weighted by Crippen LogP contribution is 2.42. The lowest BCUT2D eigenvalue weighted by Crippen LogP contribution is -1.94. The van der Waals surface area contributed by atoms with Crippen LogP contribution in [0.5, 0.6) is 0 Å². The molecule has 0 aliphatic carbocycles. The van der Waals surface area contributed by atoms with Crippen molar-refractivity contribution in [1.29, 1.82) is 0 Å². The van der Waals surface area contributed by atoms with E-state index in [2.05, 4.69) is 164 Å². The molecule has 0 fully saturated rings. The second-order valence-electron chi connectivity index (χ2n) is 13.7. The normalized spacial score (nSPS) is 11.7. The molecule has 0 aliphatic heterocycles. The maximum atomic E-state index is 6.57. The van der Waals surface area contributed by atoms with Gasteiger partial charge in [0, 0.05) is 32.0 Å². The van der Waals surface area contributed by atoms with Crippen LogP contribution in [-0.4, -0.2) is 9.97 Å². The monoisotopic (exact) mass is 706 g/mol. The summed E-state index contributed by atoms with van der Waals surface area (Å²) in [5.41, 5.74) is 12.6. The number of fused-ring (bicyclic) bond motifs is 7. The maximum absolute atomic E-state index is 6.57. The molecule has 252 valence electrons. The molecule has 0 saturated heterocycles. The molecular formula is C50H30N2OS. The van der Waals surface area contributed by atoms with Gasteiger partial charge in [0.05, 0.1) is 15.9 Å².